The first-order valence-corrected chi connectivity index (χ1v) is 6.70. The molecule has 0 aromatic heterocycles. The maximum atomic E-state index is 11.7. The first-order chi connectivity index (χ1) is 8.52. The van der Waals surface area contributed by atoms with Gasteiger partial charge in [0.2, 0.25) is 5.91 Å². The van der Waals surface area contributed by atoms with Crippen molar-refractivity contribution in [2.45, 2.75) is 11.7 Å². The molecule has 6 heteroatoms. The molecule has 2 rings (SSSR count). The minimum Gasteiger partial charge on any atom is -0.465 e. The average molecular weight is 330 g/mol. The van der Waals surface area contributed by atoms with Crippen LogP contribution >= 0.6 is 28.6 Å². The molecule has 1 aromatic carbocycles. The highest BCUT2D eigenvalue weighted by atomic mass is 79.9. The van der Waals surface area contributed by atoms with Gasteiger partial charge in [0.15, 0.2) is 0 Å². The van der Waals surface area contributed by atoms with Gasteiger partial charge in [-0.25, -0.2) is 4.79 Å². The minimum absolute atomic E-state index is 0.0488. The van der Waals surface area contributed by atoms with Gasteiger partial charge >= 0.3 is 5.97 Å². The van der Waals surface area contributed by atoms with Gasteiger partial charge in [-0.15, -0.1) is 0 Å². The largest absolute Gasteiger partial charge is 0.465 e. The number of rotatable bonds is 2. The molecule has 1 amide bonds. The molecular formula is C12H12BrNO3S. The van der Waals surface area contributed by atoms with E-state index in [1.807, 2.05) is 0 Å². The minimum atomic E-state index is -0.409. The van der Waals surface area contributed by atoms with Crippen LogP contribution in [0.1, 0.15) is 16.8 Å². The summed E-state index contributed by atoms with van der Waals surface area (Å²) in [6.45, 7) is 0.589. The predicted octanol–water partition coefficient (Wildman–Crippen LogP) is 2.27. The third-order valence-electron chi connectivity index (χ3n) is 2.77. The Morgan fingerprint density at radius 3 is 2.78 bits per heavy atom. The van der Waals surface area contributed by atoms with Crippen molar-refractivity contribution in [1.82, 2.24) is 0 Å². The number of halogens is 1. The summed E-state index contributed by atoms with van der Waals surface area (Å²) in [6, 6.07) is 5.13. The van der Waals surface area contributed by atoms with Crippen LogP contribution in [0.5, 0.6) is 0 Å². The van der Waals surface area contributed by atoms with Gasteiger partial charge in [0.1, 0.15) is 0 Å². The lowest BCUT2D eigenvalue weighted by atomic mass is 10.2. The SMILES string of the molecule is COC(=O)c1ccc(N2CC(S)CC2=O)cc1Br. The number of amides is 1. The van der Waals surface area contributed by atoms with Crippen molar-refractivity contribution in [3.8, 4) is 0 Å². The third-order valence-corrected chi connectivity index (χ3v) is 3.78. The van der Waals surface area contributed by atoms with E-state index in [-0.39, 0.29) is 11.2 Å². The predicted molar refractivity (Wildman–Crippen MR) is 75.2 cm³/mol. The normalized spacial score (nSPS) is 19.2. The highest BCUT2D eigenvalue weighted by Gasteiger charge is 2.28. The van der Waals surface area contributed by atoms with Crippen molar-refractivity contribution in [3.63, 3.8) is 0 Å². The molecule has 1 aromatic rings. The van der Waals surface area contributed by atoms with Crippen LogP contribution in [0.15, 0.2) is 22.7 Å². The number of methoxy groups -OCH3 is 1. The van der Waals surface area contributed by atoms with Crippen molar-refractivity contribution in [2.24, 2.45) is 0 Å². The maximum Gasteiger partial charge on any atom is 0.339 e. The Labute approximate surface area is 119 Å². The van der Waals surface area contributed by atoms with Crippen LogP contribution in [0, 0.1) is 0 Å². The molecule has 1 heterocycles. The number of thiol groups is 1. The average Bonchev–Trinajstić information content (AvgIpc) is 2.67. The van der Waals surface area contributed by atoms with Gasteiger partial charge in [-0.3, -0.25) is 4.79 Å². The van der Waals surface area contributed by atoms with Gasteiger partial charge in [-0.05, 0) is 34.1 Å². The Hall–Kier alpha value is -1.01. The molecule has 18 heavy (non-hydrogen) atoms. The van der Waals surface area contributed by atoms with E-state index in [1.165, 1.54) is 7.11 Å². The summed E-state index contributed by atoms with van der Waals surface area (Å²) in [6.07, 6.45) is 0.444. The van der Waals surface area contributed by atoms with Crippen LogP contribution in [0.3, 0.4) is 0 Å². The van der Waals surface area contributed by atoms with Gasteiger partial charge in [0.05, 0.1) is 12.7 Å². The summed E-state index contributed by atoms with van der Waals surface area (Å²) in [5.41, 5.74) is 1.20. The van der Waals surface area contributed by atoms with E-state index in [2.05, 4.69) is 33.3 Å². The van der Waals surface area contributed by atoms with Gasteiger partial charge < -0.3 is 9.64 Å². The number of carbonyl (C=O) groups is 2. The summed E-state index contributed by atoms with van der Waals surface area (Å²) in [5.74, 6) is -0.360. The van der Waals surface area contributed by atoms with Crippen molar-refractivity contribution in [1.29, 1.82) is 0 Å². The fourth-order valence-electron chi connectivity index (χ4n) is 1.89. The zero-order valence-electron chi connectivity index (χ0n) is 9.72. The monoisotopic (exact) mass is 329 g/mol. The molecular weight excluding hydrogens is 318 g/mol. The van der Waals surface area contributed by atoms with Crippen molar-refractivity contribution in [3.05, 3.63) is 28.2 Å². The second-order valence-corrected chi connectivity index (χ2v) is 5.60. The lowest BCUT2D eigenvalue weighted by Crippen LogP contribution is -2.24. The molecule has 1 saturated heterocycles. The molecule has 0 spiro atoms. The molecule has 0 bridgehead atoms. The van der Waals surface area contributed by atoms with Crippen molar-refractivity contribution in [2.75, 3.05) is 18.6 Å². The van der Waals surface area contributed by atoms with E-state index in [0.29, 0.717) is 23.0 Å². The van der Waals surface area contributed by atoms with Crippen LogP contribution in [-0.2, 0) is 9.53 Å². The van der Waals surface area contributed by atoms with E-state index in [4.69, 9.17) is 0 Å². The molecule has 0 radical (unpaired) electrons. The zero-order chi connectivity index (χ0) is 13.3. The number of hydrogen-bond acceptors (Lipinski definition) is 4. The summed E-state index contributed by atoms with van der Waals surface area (Å²) in [4.78, 5) is 24.8. The molecule has 0 N–H and O–H groups in total. The number of hydrogen-bond donors (Lipinski definition) is 1. The van der Waals surface area contributed by atoms with E-state index >= 15 is 0 Å². The van der Waals surface area contributed by atoms with Gasteiger partial charge in [-0.1, -0.05) is 0 Å². The van der Waals surface area contributed by atoms with Crippen LogP contribution < -0.4 is 4.90 Å². The quantitative estimate of drug-likeness (QED) is 0.668. The van der Waals surface area contributed by atoms with Gasteiger partial charge in [-0.2, -0.15) is 12.6 Å². The molecule has 0 aliphatic carbocycles. The highest BCUT2D eigenvalue weighted by Crippen LogP contribution is 2.28. The number of esters is 1. The van der Waals surface area contributed by atoms with E-state index < -0.39 is 5.97 Å². The topological polar surface area (TPSA) is 46.6 Å². The Morgan fingerprint density at radius 1 is 1.56 bits per heavy atom. The molecule has 1 fully saturated rings. The smallest absolute Gasteiger partial charge is 0.339 e. The van der Waals surface area contributed by atoms with Crippen molar-refractivity contribution >= 4 is 46.1 Å². The number of anilines is 1. The molecule has 1 unspecified atom stereocenters. The summed E-state index contributed by atoms with van der Waals surface area (Å²) in [5, 5.41) is 0.0663. The third kappa shape index (κ3) is 2.54. The number of benzene rings is 1. The van der Waals surface area contributed by atoms with Gasteiger partial charge in [0, 0.05) is 28.4 Å². The standard InChI is InChI=1S/C12H12BrNO3S/c1-17-12(16)9-3-2-7(4-10(9)13)14-6-8(18)5-11(14)15/h2-4,8,18H,5-6H2,1H3. The second kappa shape index (κ2) is 5.32. The summed E-state index contributed by atoms with van der Waals surface area (Å²) < 4.78 is 5.27. The molecule has 0 saturated carbocycles. The first kappa shape index (κ1) is 13.4. The molecule has 4 nitrogen and oxygen atoms in total. The number of ether oxygens (including phenoxy) is 1. The molecule has 96 valence electrons. The van der Waals surface area contributed by atoms with Crippen LogP contribution in [0.2, 0.25) is 0 Å². The van der Waals surface area contributed by atoms with Gasteiger partial charge in [0.25, 0.3) is 0 Å². The molecule has 1 aliphatic rings. The Morgan fingerprint density at radius 2 is 2.28 bits per heavy atom. The number of carbonyl (C=O) groups excluding carboxylic acids is 2. The first-order valence-electron chi connectivity index (χ1n) is 5.39. The Kier molecular flexibility index (Phi) is 3.97. The lowest BCUT2D eigenvalue weighted by Gasteiger charge is -2.17. The number of nitrogens with zero attached hydrogens (tertiary/aromatic N) is 1. The van der Waals surface area contributed by atoms with E-state index in [1.54, 1.807) is 23.1 Å². The zero-order valence-corrected chi connectivity index (χ0v) is 12.2. The van der Waals surface area contributed by atoms with Crippen LogP contribution in [-0.4, -0.2) is 30.8 Å². The summed E-state index contributed by atoms with van der Waals surface area (Å²) >= 11 is 7.62. The van der Waals surface area contributed by atoms with Crippen LogP contribution in [0.4, 0.5) is 5.69 Å². The molecule has 1 aliphatic heterocycles. The Bertz CT molecular complexity index is 506. The van der Waals surface area contributed by atoms with Crippen molar-refractivity contribution < 1.29 is 14.3 Å². The van der Waals surface area contributed by atoms with Crippen LogP contribution in [0.25, 0.3) is 0 Å². The summed E-state index contributed by atoms with van der Waals surface area (Å²) in [7, 11) is 1.33. The fraction of sp³-hybridized carbons (Fsp3) is 0.333. The highest BCUT2D eigenvalue weighted by molar-refractivity contribution is 9.10. The Balaban J connectivity index is 2.29. The van der Waals surface area contributed by atoms with E-state index in [0.717, 1.165) is 5.69 Å². The second-order valence-electron chi connectivity index (χ2n) is 4.02. The van der Waals surface area contributed by atoms with E-state index in [9.17, 15) is 9.59 Å². The fourth-order valence-corrected chi connectivity index (χ4v) is 2.73. The lowest BCUT2D eigenvalue weighted by molar-refractivity contribution is -0.117. The molecule has 1 atom stereocenters. The maximum absolute atomic E-state index is 11.7.